The van der Waals surface area contributed by atoms with E-state index in [1.54, 1.807) is 20.3 Å². The summed E-state index contributed by atoms with van der Waals surface area (Å²) in [6.07, 6.45) is 4.55. The molecule has 0 radical (unpaired) electrons. The number of carbonyl (C=O) groups excluding carboxylic acids is 1. The van der Waals surface area contributed by atoms with Gasteiger partial charge in [0.25, 0.3) is 0 Å². The lowest BCUT2D eigenvalue weighted by Gasteiger charge is -2.36. The third-order valence-electron chi connectivity index (χ3n) is 5.68. The zero-order valence-corrected chi connectivity index (χ0v) is 15.7. The smallest absolute Gasteiger partial charge is 0.249 e. The molecule has 0 spiro atoms. The highest BCUT2D eigenvalue weighted by molar-refractivity contribution is 6.19. The summed E-state index contributed by atoms with van der Waals surface area (Å²) in [5.74, 6) is 1.32. The zero-order valence-electron chi connectivity index (χ0n) is 15.7. The number of amides is 1. The van der Waals surface area contributed by atoms with Gasteiger partial charge in [-0.25, -0.2) is 0 Å². The molecule has 5 nitrogen and oxygen atoms in total. The van der Waals surface area contributed by atoms with Crippen LogP contribution >= 0.6 is 0 Å². The average molecular weight is 364 g/mol. The lowest BCUT2D eigenvalue weighted by Crippen LogP contribution is -2.30. The van der Waals surface area contributed by atoms with E-state index >= 15 is 0 Å². The standard InChI is InChI=1S/C22H24N2O3/c1-26-19-11-16-13-7-5-6-10-18(13)24-21(17(16)12-20(19)27-2)14-8-3-4-9-15(14)22(23)25/h3-4,8-9,11-13,18H,5-7,10H2,1-2H3,(H2,23,25). The molecule has 1 aliphatic heterocycles. The molecule has 0 aromatic heterocycles. The predicted molar refractivity (Wildman–Crippen MR) is 105 cm³/mol. The normalized spacial score (nSPS) is 20.9. The number of primary amides is 1. The summed E-state index contributed by atoms with van der Waals surface area (Å²) in [6.45, 7) is 0. The lowest BCUT2D eigenvalue weighted by atomic mass is 9.74. The van der Waals surface area contributed by atoms with Gasteiger partial charge in [0.2, 0.25) is 5.91 Å². The van der Waals surface area contributed by atoms with Crippen molar-refractivity contribution in [1.82, 2.24) is 0 Å². The van der Waals surface area contributed by atoms with Crippen LogP contribution in [-0.4, -0.2) is 31.9 Å². The maximum atomic E-state index is 12.0. The predicted octanol–water partition coefficient (Wildman–Crippen LogP) is 3.68. The van der Waals surface area contributed by atoms with Crippen molar-refractivity contribution in [2.45, 2.75) is 37.6 Å². The number of aliphatic imine (C=N–C) groups is 1. The minimum atomic E-state index is -0.443. The molecule has 27 heavy (non-hydrogen) atoms. The summed E-state index contributed by atoms with van der Waals surface area (Å²) < 4.78 is 11.1. The number of fused-ring (bicyclic) bond motifs is 3. The average Bonchev–Trinajstić information content (AvgIpc) is 2.72. The van der Waals surface area contributed by atoms with Gasteiger partial charge in [0, 0.05) is 22.6 Å². The van der Waals surface area contributed by atoms with Crippen LogP contribution in [0, 0.1) is 0 Å². The van der Waals surface area contributed by atoms with Crippen LogP contribution in [-0.2, 0) is 0 Å². The number of carbonyl (C=O) groups is 1. The number of benzene rings is 2. The van der Waals surface area contributed by atoms with Crippen molar-refractivity contribution in [2.75, 3.05) is 14.2 Å². The number of nitrogens with zero attached hydrogens (tertiary/aromatic N) is 1. The van der Waals surface area contributed by atoms with Crippen molar-refractivity contribution in [1.29, 1.82) is 0 Å². The summed E-state index contributed by atoms with van der Waals surface area (Å²) >= 11 is 0. The quantitative estimate of drug-likeness (QED) is 0.899. The van der Waals surface area contributed by atoms with E-state index in [9.17, 15) is 4.79 Å². The Morgan fingerprint density at radius 3 is 2.48 bits per heavy atom. The minimum absolute atomic E-state index is 0.222. The molecule has 2 N–H and O–H groups in total. The van der Waals surface area contributed by atoms with Crippen molar-refractivity contribution >= 4 is 11.6 Å². The molecule has 1 saturated carbocycles. The number of ether oxygens (including phenoxy) is 2. The summed E-state index contributed by atoms with van der Waals surface area (Å²) in [5, 5.41) is 0. The molecule has 2 atom stereocenters. The van der Waals surface area contributed by atoms with Gasteiger partial charge in [-0.15, -0.1) is 0 Å². The molecule has 5 heteroatoms. The topological polar surface area (TPSA) is 73.9 Å². The molecule has 2 aromatic carbocycles. The van der Waals surface area contributed by atoms with Crippen molar-refractivity contribution in [3.63, 3.8) is 0 Å². The monoisotopic (exact) mass is 364 g/mol. The van der Waals surface area contributed by atoms with Gasteiger partial charge in [-0.3, -0.25) is 9.79 Å². The van der Waals surface area contributed by atoms with Crippen molar-refractivity contribution in [3.8, 4) is 11.5 Å². The van der Waals surface area contributed by atoms with Gasteiger partial charge >= 0.3 is 0 Å². The largest absolute Gasteiger partial charge is 0.493 e. The molecule has 1 amide bonds. The minimum Gasteiger partial charge on any atom is -0.493 e. The third kappa shape index (κ3) is 2.97. The van der Waals surface area contributed by atoms with Gasteiger partial charge in [0.15, 0.2) is 11.5 Å². The Hall–Kier alpha value is -2.82. The van der Waals surface area contributed by atoms with Crippen LogP contribution in [0.2, 0.25) is 0 Å². The third-order valence-corrected chi connectivity index (χ3v) is 5.68. The maximum absolute atomic E-state index is 12.0. The summed E-state index contributed by atoms with van der Waals surface area (Å²) in [4.78, 5) is 17.1. The van der Waals surface area contributed by atoms with E-state index in [1.165, 1.54) is 18.4 Å². The Morgan fingerprint density at radius 2 is 1.74 bits per heavy atom. The van der Waals surface area contributed by atoms with E-state index in [0.717, 1.165) is 35.4 Å². The first-order valence-electron chi connectivity index (χ1n) is 9.37. The van der Waals surface area contributed by atoms with Crippen LogP contribution in [0.1, 0.15) is 58.6 Å². The van der Waals surface area contributed by atoms with Crippen LogP contribution in [0.4, 0.5) is 0 Å². The second-order valence-corrected chi connectivity index (χ2v) is 7.14. The molecular formula is C22H24N2O3. The Balaban J connectivity index is 1.96. The van der Waals surface area contributed by atoms with Gasteiger partial charge in [-0.1, -0.05) is 31.0 Å². The Bertz CT molecular complexity index is 920. The highest BCUT2D eigenvalue weighted by Crippen LogP contribution is 2.44. The maximum Gasteiger partial charge on any atom is 0.249 e. The molecule has 140 valence electrons. The van der Waals surface area contributed by atoms with Gasteiger partial charge in [0.05, 0.1) is 26.0 Å². The summed E-state index contributed by atoms with van der Waals surface area (Å²) in [5.41, 5.74) is 9.96. The fourth-order valence-electron chi connectivity index (χ4n) is 4.39. The number of hydrogen-bond donors (Lipinski definition) is 1. The fraction of sp³-hybridized carbons (Fsp3) is 0.364. The van der Waals surface area contributed by atoms with Gasteiger partial charge < -0.3 is 15.2 Å². The second-order valence-electron chi connectivity index (χ2n) is 7.14. The summed E-state index contributed by atoms with van der Waals surface area (Å²) in [7, 11) is 3.29. The number of methoxy groups -OCH3 is 2. The van der Waals surface area contributed by atoms with Crippen molar-refractivity contribution < 1.29 is 14.3 Å². The number of hydrogen-bond acceptors (Lipinski definition) is 4. The molecule has 4 rings (SSSR count). The highest BCUT2D eigenvalue weighted by Gasteiger charge is 2.35. The Morgan fingerprint density at radius 1 is 1.04 bits per heavy atom. The van der Waals surface area contributed by atoms with Gasteiger partial charge in [-0.2, -0.15) is 0 Å². The van der Waals surface area contributed by atoms with E-state index in [1.807, 2.05) is 24.3 Å². The van der Waals surface area contributed by atoms with Crippen LogP contribution in [0.15, 0.2) is 41.4 Å². The molecular weight excluding hydrogens is 340 g/mol. The number of nitrogens with two attached hydrogens (primary N) is 1. The van der Waals surface area contributed by atoms with Crippen LogP contribution < -0.4 is 15.2 Å². The highest BCUT2D eigenvalue weighted by atomic mass is 16.5. The Kier molecular flexibility index (Phi) is 4.60. The molecule has 2 aliphatic rings. The van der Waals surface area contributed by atoms with E-state index in [4.69, 9.17) is 20.2 Å². The zero-order chi connectivity index (χ0) is 19.0. The first-order valence-corrected chi connectivity index (χ1v) is 9.37. The molecule has 0 bridgehead atoms. The summed E-state index contributed by atoms with van der Waals surface area (Å²) in [6, 6.07) is 11.7. The van der Waals surface area contributed by atoms with E-state index < -0.39 is 5.91 Å². The van der Waals surface area contributed by atoms with Gasteiger partial charge in [0.1, 0.15) is 0 Å². The Labute approximate surface area is 159 Å². The SMILES string of the molecule is COc1cc2c(cc1OC)C1CCCCC1N=C2c1ccccc1C(N)=O. The van der Waals surface area contributed by atoms with Gasteiger partial charge in [-0.05, 0) is 36.6 Å². The second kappa shape index (κ2) is 7.06. The molecule has 1 fully saturated rings. The molecule has 2 aromatic rings. The molecule has 2 unspecified atom stereocenters. The first-order chi connectivity index (χ1) is 13.1. The van der Waals surface area contributed by atoms with Crippen LogP contribution in [0.25, 0.3) is 0 Å². The number of rotatable bonds is 4. The fourth-order valence-corrected chi connectivity index (χ4v) is 4.39. The first kappa shape index (κ1) is 17.6. The van der Waals surface area contributed by atoms with Crippen LogP contribution in [0.3, 0.4) is 0 Å². The van der Waals surface area contributed by atoms with Crippen molar-refractivity contribution in [2.24, 2.45) is 10.7 Å². The van der Waals surface area contributed by atoms with E-state index in [0.29, 0.717) is 17.2 Å². The van der Waals surface area contributed by atoms with E-state index in [-0.39, 0.29) is 6.04 Å². The molecule has 0 saturated heterocycles. The lowest BCUT2D eigenvalue weighted by molar-refractivity contribution is 0.1000. The molecule has 1 aliphatic carbocycles. The van der Waals surface area contributed by atoms with Crippen LogP contribution in [0.5, 0.6) is 11.5 Å². The molecule has 1 heterocycles. The van der Waals surface area contributed by atoms with Crippen molar-refractivity contribution in [3.05, 3.63) is 58.7 Å². The van der Waals surface area contributed by atoms with E-state index in [2.05, 4.69) is 6.07 Å².